The molecule has 136 valence electrons. The summed E-state index contributed by atoms with van der Waals surface area (Å²) in [6, 6.07) is 9.53. The summed E-state index contributed by atoms with van der Waals surface area (Å²) < 4.78 is 55.4. The normalized spacial score (nSPS) is 12.0. The molecular weight excluding hydrogens is 390 g/mol. The molecule has 0 aliphatic rings. The van der Waals surface area contributed by atoms with Crippen LogP contribution < -0.4 is 19.7 Å². The number of rotatable bonds is 6. The molecule has 3 N–H and O–H groups in total. The van der Waals surface area contributed by atoms with Crippen molar-refractivity contribution in [2.45, 2.75) is 9.79 Å². The molecule has 0 fully saturated rings. The van der Waals surface area contributed by atoms with Crippen LogP contribution >= 0.6 is 11.6 Å². The van der Waals surface area contributed by atoms with E-state index in [0.717, 1.165) is 10.4 Å². The predicted molar refractivity (Wildman–Crippen MR) is 94.5 cm³/mol. The number of hydrogen-bond acceptors (Lipinski definition) is 6. The number of methoxy groups -OCH3 is 1. The highest BCUT2D eigenvalue weighted by Crippen LogP contribution is 2.30. The van der Waals surface area contributed by atoms with Crippen LogP contribution in [0.3, 0.4) is 0 Å². The molecule has 0 aliphatic heterocycles. The van der Waals surface area contributed by atoms with E-state index in [-0.39, 0.29) is 21.2 Å². The third-order valence-electron chi connectivity index (χ3n) is 3.43. The highest BCUT2D eigenvalue weighted by atomic mass is 35.5. The first-order valence-electron chi connectivity index (χ1n) is 6.78. The molecule has 0 atom stereocenters. The fraction of sp³-hybridized carbons (Fsp3) is 0.143. The van der Waals surface area contributed by atoms with Crippen molar-refractivity contribution in [2.75, 3.05) is 18.5 Å². The number of halogens is 1. The van der Waals surface area contributed by atoms with E-state index in [4.69, 9.17) is 22.2 Å². The third-order valence-corrected chi connectivity index (χ3v) is 6.69. The van der Waals surface area contributed by atoms with E-state index in [9.17, 15) is 16.8 Å². The fourth-order valence-corrected chi connectivity index (χ4v) is 4.17. The van der Waals surface area contributed by atoms with Crippen LogP contribution in [-0.4, -0.2) is 31.0 Å². The van der Waals surface area contributed by atoms with Crippen LogP contribution in [0.4, 0.5) is 5.69 Å². The van der Waals surface area contributed by atoms with Gasteiger partial charge < -0.3 is 4.74 Å². The molecule has 0 spiro atoms. The molecule has 0 saturated heterocycles. The molecule has 25 heavy (non-hydrogen) atoms. The minimum Gasteiger partial charge on any atom is -0.495 e. The maximum atomic E-state index is 12.7. The Morgan fingerprint density at radius 1 is 1.08 bits per heavy atom. The third kappa shape index (κ3) is 3.88. The summed E-state index contributed by atoms with van der Waals surface area (Å²) in [5.41, 5.74) is 0.115. The lowest BCUT2D eigenvalue weighted by atomic mass is 10.3. The van der Waals surface area contributed by atoms with Gasteiger partial charge in [-0.1, -0.05) is 11.6 Å². The van der Waals surface area contributed by atoms with Gasteiger partial charge in [0.15, 0.2) is 0 Å². The molecule has 0 unspecified atom stereocenters. The summed E-state index contributed by atoms with van der Waals surface area (Å²) >= 11 is 5.77. The van der Waals surface area contributed by atoms with Crippen molar-refractivity contribution in [2.24, 2.45) is 5.84 Å². The van der Waals surface area contributed by atoms with Gasteiger partial charge in [-0.25, -0.2) is 16.8 Å². The van der Waals surface area contributed by atoms with Gasteiger partial charge in [-0.05, 0) is 42.5 Å². The van der Waals surface area contributed by atoms with Crippen LogP contribution in [0, 0.1) is 0 Å². The van der Waals surface area contributed by atoms with Crippen LogP contribution in [0.5, 0.6) is 5.75 Å². The van der Waals surface area contributed by atoms with Crippen molar-refractivity contribution in [3.05, 3.63) is 47.5 Å². The SMILES string of the molecule is COc1ccc(N(C)S(=O)(=O)c2ccc(Cl)cc2)cc1S(=O)(=O)NN. The molecule has 2 rings (SSSR count). The second-order valence-electron chi connectivity index (χ2n) is 4.88. The molecule has 0 aromatic heterocycles. The zero-order chi connectivity index (χ0) is 18.8. The predicted octanol–water partition coefficient (Wildman–Crippen LogP) is 1.33. The number of nitrogens with zero attached hydrogens (tertiary/aromatic N) is 1. The largest absolute Gasteiger partial charge is 0.495 e. The molecule has 0 aliphatic carbocycles. The maximum Gasteiger partial charge on any atom is 0.264 e. The zero-order valence-electron chi connectivity index (χ0n) is 13.3. The molecule has 11 heteroatoms. The van der Waals surface area contributed by atoms with Gasteiger partial charge >= 0.3 is 0 Å². The molecule has 0 heterocycles. The average molecular weight is 406 g/mol. The van der Waals surface area contributed by atoms with Crippen LogP contribution in [0.15, 0.2) is 52.3 Å². The molecule has 2 aromatic carbocycles. The number of benzene rings is 2. The summed E-state index contributed by atoms with van der Waals surface area (Å²) in [5.74, 6) is 5.07. The van der Waals surface area contributed by atoms with Gasteiger partial charge in [-0.2, -0.15) is 0 Å². The summed E-state index contributed by atoms with van der Waals surface area (Å²) in [4.78, 5) is 1.41. The Labute approximate surface area is 151 Å². The van der Waals surface area contributed by atoms with E-state index in [0.29, 0.717) is 5.02 Å². The molecule has 0 radical (unpaired) electrons. The number of anilines is 1. The second kappa shape index (κ2) is 7.18. The standard InChI is InChI=1S/C14H16ClN3O5S2/c1-18(25(21,22)12-6-3-10(15)4-7-12)11-5-8-13(23-2)14(9-11)24(19,20)17-16/h3-9,17H,16H2,1-2H3. The molecular formula is C14H16ClN3O5S2. The summed E-state index contributed by atoms with van der Waals surface area (Å²) in [6.45, 7) is 0. The lowest BCUT2D eigenvalue weighted by molar-refractivity contribution is 0.402. The van der Waals surface area contributed by atoms with Crippen molar-refractivity contribution >= 4 is 37.3 Å². The van der Waals surface area contributed by atoms with Gasteiger partial charge in [-0.3, -0.25) is 10.1 Å². The highest BCUT2D eigenvalue weighted by Gasteiger charge is 2.25. The van der Waals surface area contributed by atoms with E-state index >= 15 is 0 Å². The molecule has 2 aromatic rings. The van der Waals surface area contributed by atoms with Crippen molar-refractivity contribution in [1.29, 1.82) is 0 Å². The smallest absolute Gasteiger partial charge is 0.264 e. The van der Waals surface area contributed by atoms with Gasteiger partial charge in [0.05, 0.1) is 17.7 Å². The number of nitrogens with two attached hydrogens (primary N) is 1. The van der Waals surface area contributed by atoms with E-state index < -0.39 is 20.0 Å². The monoisotopic (exact) mass is 405 g/mol. The molecule has 0 saturated carbocycles. The first kappa shape index (κ1) is 19.5. The lowest BCUT2D eigenvalue weighted by Gasteiger charge is -2.21. The van der Waals surface area contributed by atoms with E-state index in [1.54, 1.807) is 4.83 Å². The quantitative estimate of drug-likeness (QED) is 0.552. The first-order valence-corrected chi connectivity index (χ1v) is 10.1. The van der Waals surface area contributed by atoms with E-state index in [2.05, 4.69) is 0 Å². The Balaban J connectivity index is 2.54. The molecule has 0 amide bonds. The highest BCUT2D eigenvalue weighted by molar-refractivity contribution is 7.92. The van der Waals surface area contributed by atoms with Crippen LogP contribution in [0.2, 0.25) is 5.02 Å². The Morgan fingerprint density at radius 3 is 2.20 bits per heavy atom. The maximum absolute atomic E-state index is 12.7. The number of hydrogen-bond donors (Lipinski definition) is 2. The Bertz CT molecular complexity index is 976. The average Bonchev–Trinajstić information content (AvgIpc) is 2.60. The lowest BCUT2D eigenvalue weighted by Crippen LogP contribution is -2.31. The van der Waals surface area contributed by atoms with Gasteiger partial charge in [0.25, 0.3) is 20.0 Å². The van der Waals surface area contributed by atoms with Crippen molar-refractivity contribution in [3.63, 3.8) is 0 Å². The van der Waals surface area contributed by atoms with Crippen LogP contribution in [0.1, 0.15) is 0 Å². The van der Waals surface area contributed by atoms with Gasteiger partial charge in [0.2, 0.25) is 0 Å². The second-order valence-corrected chi connectivity index (χ2v) is 8.97. The van der Waals surface area contributed by atoms with Crippen LogP contribution in [-0.2, 0) is 20.0 Å². The molecule has 8 nitrogen and oxygen atoms in total. The zero-order valence-corrected chi connectivity index (χ0v) is 15.7. The fourth-order valence-electron chi connectivity index (χ4n) is 2.04. The Morgan fingerprint density at radius 2 is 1.68 bits per heavy atom. The van der Waals surface area contributed by atoms with Gasteiger partial charge in [0, 0.05) is 12.1 Å². The number of hydrazine groups is 1. The summed E-state index contributed by atoms with van der Waals surface area (Å²) in [5, 5.41) is 0.397. The Kier molecular flexibility index (Phi) is 5.59. The Hall–Kier alpha value is -1.85. The van der Waals surface area contributed by atoms with Gasteiger partial charge in [-0.15, -0.1) is 4.83 Å². The minimum absolute atomic E-state index is 0.0107. The number of sulfonamides is 2. The van der Waals surface area contributed by atoms with E-state index in [1.165, 1.54) is 50.6 Å². The van der Waals surface area contributed by atoms with Crippen molar-refractivity contribution in [3.8, 4) is 5.75 Å². The topological polar surface area (TPSA) is 119 Å². The molecule has 0 bridgehead atoms. The number of ether oxygens (including phenoxy) is 1. The van der Waals surface area contributed by atoms with Crippen molar-refractivity contribution < 1.29 is 21.6 Å². The summed E-state index contributed by atoms with van der Waals surface area (Å²) in [7, 11) is -5.36. The van der Waals surface area contributed by atoms with Gasteiger partial charge in [0.1, 0.15) is 10.6 Å². The summed E-state index contributed by atoms with van der Waals surface area (Å²) in [6.07, 6.45) is 0. The first-order chi connectivity index (χ1) is 11.6. The minimum atomic E-state index is -4.05. The van der Waals surface area contributed by atoms with Crippen LogP contribution in [0.25, 0.3) is 0 Å². The van der Waals surface area contributed by atoms with Crippen molar-refractivity contribution in [1.82, 2.24) is 4.83 Å². The van der Waals surface area contributed by atoms with E-state index in [1.807, 2.05) is 0 Å². The number of nitrogens with one attached hydrogen (secondary N) is 1.